The van der Waals surface area contributed by atoms with Crippen molar-refractivity contribution in [1.29, 1.82) is 0 Å². The number of hydrogen-bond donors (Lipinski definition) is 1. The van der Waals surface area contributed by atoms with Crippen LogP contribution in [0.2, 0.25) is 0 Å². The van der Waals surface area contributed by atoms with Gasteiger partial charge in [-0.2, -0.15) is 0 Å². The highest BCUT2D eigenvalue weighted by Gasteiger charge is 2.11. The second kappa shape index (κ2) is 6.45. The van der Waals surface area contributed by atoms with E-state index in [2.05, 4.69) is 69.0 Å². The molecule has 0 amide bonds. The van der Waals surface area contributed by atoms with Crippen molar-refractivity contribution in [3.63, 3.8) is 0 Å². The molecular weight excluding hydrogens is 208 g/mol. The standard InChI is InChI=1S/C15H24N2/c1-6-16-15(10-12(2)3)13-8-7-9-14(11-13)17(4)5/h7-9,11,15-16H,2,6,10H2,1,3-5H3. The minimum atomic E-state index is 0.373. The zero-order chi connectivity index (χ0) is 12.8. The van der Waals surface area contributed by atoms with Gasteiger partial charge in [-0.25, -0.2) is 0 Å². The Morgan fingerprint density at radius 1 is 1.41 bits per heavy atom. The Hall–Kier alpha value is -1.28. The fourth-order valence-corrected chi connectivity index (χ4v) is 1.92. The van der Waals surface area contributed by atoms with E-state index in [0.717, 1.165) is 13.0 Å². The monoisotopic (exact) mass is 232 g/mol. The third kappa shape index (κ3) is 4.23. The van der Waals surface area contributed by atoms with Gasteiger partial charge in [0, 0.05) is 25.8 Å². The quantitative estimate of drug-likeness (QED) is 0.757. The van der Waals surface area contributed by atoms with Crippen LogP contribution in [0.25, 0.3) is 0 Å². The maximum atomic E-state index is 4.01. The van der Waals surface area contributed by atoms with Crippen molar-refractivity contribution in [3.05, 3.63) is 42.0 Å². The zero-order valence-corrected chi connectivity index (χ0v) is 11.5. The summed E-state index contributed by atoms with van der Waals surface area (Å²) in [5, 5.41) is 3.52. The molecule has 2 heteroatoms. The molecule has 0 aliphatic heterocycles. The first kappa shape index (κ1) is 13.8. The SMILES string of the molecule is C=C(C)CC(NCC)c1cccc(N(C)C)c1. The summed E-state index contributed by atoms with van der Waals surface area (Å²) in [5.41, 5.74) is 3.79. The van der Waals surface area contributed by atoms with Gasteiger partial charge in [0.2, 0.25) is 0 Å². The van der Waals surface area contributed by atoms with E-state index in [1.54, 1.807) is 0 Å². The van der Waals surface area contributed by atoms with Crippen molar-refractivity contribution in [2.75, 3.05) is 25.5 Å². The van der Waals surface area contributed by atoms with Gasteiger partial charge in [-0.15, -0.1) is 6.58 Å². The van der Waals surface area contributed by atoms with Gasteiger partial charge >= 0.3 is 0 Å². The minimum absolute atomic E-state index is 0.373. The van der Waals surface area contributed by atoms with E-state index < -0.39 is 0 Å². The summed E-state index contributed by atoms with van der Waals surface area (Å²) in [6.45, 7) is 9.21. The summed E-state index contributed by atoms with van der Waals surface area (Å²) < 4.78 is 0. The molecule has 0 bridgehead atoms. The van der Waals surface area contributed by atoms with E-state index in [-0.39, 0.29) is 0 Å². The lowest BCUT2D eigenvalue weighted by atomic mass is 9.99. The Kier molecular flexibility index (Phi) is 5.23. The summed E-state index contributed by atoms with van der Waals surface area (Å²) in [5.74, 6) is 0. The number of hydrogen-bond acceptors (Lipinski definition) is 2. The van der Waals surface area contributed by atoms with Crippen LogP contribution in [-0.4, -0.2) is 20.6 Å². The first-order valence-corrected chi connectivity index (χ1v) is 6.19. The lowest BCUT2D eigenvalue weighted by molar-refractivity contribution is 0.548. The highest BCUT2D eigenvalue weighted by Crippen LogP contribution is 2.23. The molecule has 94 valence electrons. The van der Waals surface area contributed by atoms with Crippen molar-refractivity contribution in [1.82, 2.24) is 5.32 Å². The number of benzene rings is 1. The van der Waals surface area contributed by atoms with Crippen LogP contribution in [-0.2, 0) is 0 Å². The molecule has 1 atom stereocenters. The van der Waals surface area contributed by atoms with E-state index in [1.807, 2.05) is 0 Å². The van der Waals surface area contributed by atoms with Crippen molar-refractivity contribution in [3.8, 4) is 0 Å². The predicted octanol–water partition coefficient (Wildman–Crippen LogP) is 3.37. The summed E-state index contributed by atoms with van der Waals surface area (Å²) >= 11 is 0. The lowest BCUT2D eigenvalue weighted by Gasteiger charge is -2.21. The lowest BCUT2D eigenvalue weighted by Crippen LogP contribution is -2.21. The topological polar surface area (TPSA) is 15.3 Å². The van der Waals surface area contributed by atoms with Crippen LogP contribution in [0.5, 0.6) is 0 Å². The molecular formula is C15H24N2. The average Bonchev–Trinajstić information content (AvgIpc) is 2.28. The van der Waals surface area contributed by atoms with E-state index in [1.165, 1.54) is 16.8 Å². The van der Waals surface area contributed by atoms with Crippen molar-refractivity contribution >= 4 is 5.69 Å². The van der Waals surface area contributed by atoms with Crippen LogP contribution in [0.15, 0.2) is 36.4 Å². The second-order valence-corrected chi connectivity index (χ2v) is 4.76. The summed E-state index contributed by atoms with van der Waals surface area (Å²) in [6, 6.07) is 9.05. The van der Waals surface area contributed by atoms with Gasteiger partial charge in [-0.3, -0.25) is 0 Å². The molecule has 1 unspecified atom stereocenters. The molecule has 1 aromatic carbocycles. The Balaban J connectivity index is 2.92. The maximum absolute atomic E-state index is 4.01. The molecule has 0 aliphatic rings. The van der Waals surface area contributed by atoms with Crippen LogP contribution in [0.3, 0.4) is 0 Å². The maximum Gasteiger partial charge on any atom is 0.0364 e. The Bertz CT molecular complexity index is 369. The molecule has 0 radical (unpaired) electrons. The number of nitrogens with zero attached hydrogens (tertiary/aromatic N) is 1. The number of rotatable bonds is 6. The Labute approximate surface area is 105 Å². The fraction of sp³-hybridized carbons (Fsp3) is 0.467. The van der Waals surface area contributed by atoms with Gasteiger partial charge in [-0.05, 0) is 37.6 Å². The highest BCUT2D eigenvalue weighted by atomic mass is 15.1. The molecule has 0 spiro atoms. The fourth-order valence-electron chi connectivity index (χ4n) is 1.92. The van der Waals surface area contributed by atoms with Crippen molar-refractivity contribution in [2.24, 2.45) is 0 Å². The summed E-state index contributed by atoms with van der Waals surface area (Å²) in [7, 11) is 4.14. The first-order valence-electron chi connectivity index (χ1n) is 6.19. The third-order valence-electron chi connectivity index (χ3n) is 2.79. The molecule has 0 fully saturated rings. The van der Waals surface area contributed by atoms with Gasteiger partial charge < -0.3 is 10.2 Å². The van der Waals surface area contributed by atoms with Crippen LogP contribution < -0.4 is 10.2 Å². The molecule has 0 aliphatic carbocycles. The van der Waals surface area contributed by atoms with E-state index >= 15 is 0 Å². The van der Waals surface area contributed by atoms with Crippen LogP contribution in [0.4, 0.5) is 5.69 Å². The number of nitrogens with one attached hydrogen (secondary N) is 1. The van der Waals surface area contributed by atoms with E-state index in [0.29, 0.717) is 6.04 Å². The van der Waals surface area contributed by atoms with Crippen LogP contribution in [0.1, 0.15) is 31.9 Å². The Morgan fingerprint density at radius 2 is 2.12 bits per heavy atom. The molecule has 1 rings (SSSR count). The van der Waals surface area contributed by atoms with Gasteiger partial charge in [0.25, 0.3) is 0 Å². The van der Waals surface area contributed by atoms with Gasteiger partial charge in [0.1, 0.15) is 0 Å². The van der Waals surface area contributed by atoms with Crippen LogP contribution in [0, 0.1) is 0 Å². The molecule has 2 nitrogen and oxygen atoms in total. The minimum Gasteiger partial charge on any atom is -0.378 e. The van der Waals surface area contributed by atoms with Gasteiger partial charge in [0.15, 0.2) is 0 Å². The van der Waals surface area contributed by atoms with E-state index in [9.17, 15) is 0 Å². The summed E-state index contributed by atoms with van der Waals surface area (Å²) in [4.78, 5) is 2.13. The molecule has 0 saturated heterocycles. The van der Waals surface area contributed by atoms with Crippen molar-refractivity contribution in [2.45, 2.75) is 26.3 Å². The largest absolute Gasteiger partial charge is 0.378 e. The third-order valence-corrected chi connectivity index (χ3v) is 2.79. The van der Waals surface area contributed by atoms with Crippen molar-refractivity contribution < 1.29 is 0 Å². The first-order chi connectivity index (χ1) is 8.04. The zero-order valence-electron chi connectivity index (χ0n) is 11.5. The smallest absolute Gasteiger partial charge is 0.0364 e. The average molecular weight is 232 g/mol. The molecule has 17 heavy (non-hydrogen) atoms. The Morgan fingerprint density at radius 3 is 2.65 bits per heavy atom. The van der Waals surface area contributed by atoms with E-state index in [4.69, 9.17) is 0 Å². The molecule has 1 aromatic rings. The molecule has 0 aromatic heterocycles. The summed E-state index contributed by atoms with van der Waals surface area (Å²) in [6.07, 6.45) is 0.991. The number of anilines is 1. The molecule has 0 heterocycles. The van der Waals surface area contributed by atoms with Gasteiger partial charge in [0.05, 0.1) is 0 Å². The molecule has 1 N–H and O–H groups in total. The second-order valence-electron chi connectivity index (χ2n) is 4.76. The van der Waals surface area contributed by atoms with Crippen LogP contribution >= 0.6 is 0 Å². The predicted molar refractivity (Wildman–Crippen MR) is 76.6 cm³/mol. The van der Waals surface area contributed by atoms with Gasteiger partial charge in [-0.1, -0.05) is 24.6 Å². The normalized spacial score (nSPS) is 12.2. The highest BCUT2D eigenvalue weighted by molar-refractivity contribution is 5.48. The molecule has 0 saturated carbocycles.